The van der Waals surface area contributed by atoms with Gasteiger partial charge in [-0.15, -0.1) is 36.2 Å². The van der Waals surface area contributed by atoms with Crippen molar-refractivity contribution in [3.63, 3.8) is 0 Å². The average Bonchev–Trinajstić information content (AvgIpc) is 2.95. The Morgan fingerprint density at radius 3 is 2.86 bits per heavy atom. The Morgan fingerprint density at radius 2 is 2.09 bits per heavy atom. The number of hydrogen-bond donors (Lipinski definition) is 2. The van der Waals surface area contributed by atoms with E-state index in [4.69, 9.17) is 5.73 Å². The first kappa shape index (κ1) is 19.2. The van der Waals surface area contributed by atoms with E-state index < -0.39 is 0 Å². The van der Waals surface area contributed by atoms with Crippen LogP contribution in [0.2, 0.25) is 0 Å². The Kier molecular flexibility index (Phi) is 7.56. The molecule has 0 radical (unpaired) electrons. The number of nitrogens with two attached hydrogens (primary N) is 1. The van der Waals surface area contributed by atoms with E-state index in [1.54, 1.807) is 16.8 Å². The van der Waals surface area contributed by atoms with Crippen molar-refractivity contribution in [1.29, 1.82) is 0 Å². The van der Waals surface area contributed by atoms with Gasteiger partial charge in [-0.3, -0.25) is 4.79 Å². The van der Waals surface area contributed by atoms with Crippen molar-refractivity contribution in [2.45, 2.75) is 31.7 Å². The van der Waals surface area contributed by atoms with Gasteiger partial charge in [0.05, 0.1) is 15.7 Å². The standard InChI is InChI=1S/C15H19N3OS.2ClH/c16-8-11-3-1-2-4-12(11)18-15(19)10-5-6-13-14(7-10)20-9-17-13;;/h5-7,9,11-12H,1-4,8,16H2,(H,18,19);2*1H. The maximum absolute atomic E-state index is 12.4. The molecule has 0 saturated heterocycles. The van der Waals surface area contributed by atoms with Gasteiger partial charge in [-0.1, -0.05) is 12.8 Å². The predicted molar refractivity (Wildman–Crippen MR) is 96.4 cm³/mol. The molecule has 1 heterocycles. The van der Waals surface area contributed by atoms with Gasteiger partial charge in [0.2, 0.25) is 0 Å². The summed E-state index contributed by atoms with van der Waals surface area (Å²) in [5.74, 6) is 0.422. The molecule has 1 aromatic carbocycles. The average molecular weight is 362 g/mol. The summed E-state index contributed by atoms with van der Waals surface area (Å²) >= 11 is 1.56. The molecule has 0 bridgehead atoms. The van der Waals surface area contributed by atoms with Crippen LogP contribution in [0.1, 0.15) is 36.0 Å². The maximum Gasteiger partial charge on any atom is 0.251 e. The van der Waals surface area contributed by atoms with Crippen LogP contribution in [-0.4, -0.2) is 23.5 Å². The molecule has 2 unspecified atom stereocenters. The molecule has 0 spiro atoms. The van der Waals surface area contributed by atoms with Crippen molar-refractivity contribution >= 4 is 52.3 Å². The lowest BCUT2D eigenvalue weighted by molar-refractivity contribution is 0.0908. The van der Waals surface area contributed by atoms with Crippen LogP contribution in [0.5, 0.6) is 0 Å². The molecule has 3 rings (SSSR count). The summed E-state index contributed by atoms with van der Waals surface area (Å²) in [5, 5.41) is 3.16. The fourth-order valence-corrected chi connectivity index (χ4v) is 3.64. The van der Waals surface area contributed by atoms with Crippen LogP contribution >= 0.6 is 36.2 Å². The summed E-state index contributed by atoms with van der Waals surface area (Å²) in [6, 6.07) is 5.89. The third-order valence-corrected chi connectivity index (χ3v) is 4.91. The SMILES string of the molecule is Cl.Cl.NCC1CCCCC1NC(=O)c1ccc2ncsc2c1. The fraction of sp³-hybridized carbons (Fsp3) is 0.467. The highest BCUT2D eigenvalue weighted by atomic mass is 35.5. The molecule has 3 N–H and O–H groups in total. The molecule has 1 aliphatic rings. The van der Waals surface area contributed by atoms with Crippen LogP contribution < -0.4 is 11.1 Å². The molecule has 2 atom stereocenters. The summed E-state index contributed by atoms with van der Waals surface area (Å²) in [7, 11) is 0. The molecule has 1 aromatic heterocycles. The van der Waals surface area contributed by atoms with Gasteiger partial charge in [-0.05, 0) is 43.5 Å². The van der Waals surface area contributed by atoms with Crippen molar-refractivity contribution in [2.75, 3.05) is 6.54 Å². The van der Waals surface area contributed by atoms with E-state index in [9.17, 15) is 4.79 Å². The topological polar surface area (TPSA) is 68.0 Å². The van der Waals surface area contributed by atoms with Gasteiger partial charge in [-0.25, -0.2) is 4.98 Å². The second-order valence-corrected chi connectivity index (χ2v) is 6.28. The molecule has 22 heavy (non-hydrogen) atoms. The number of thiazole rings is 1. The molecule has 2 aromatic rings. The largest absolute Gasteiger partial charge is 0.349 e. The van der Waals surface area contributed by atoms with Crippen LogP contribution in [0.15, 0.2) is 23.7 Å². The van der Waals surface area contributed by atoms with E-state index in [-0.39, 0.29) is 36.8 Å². The van der Waals surface area contributed by atoms with Crippen molar-refractivity contribution < 1.29 is 4.79 Å². The van der Waals surface area contributed by atoms with E-state index in [0.717, 1.165) is 23.1 Å². The molecule has 7 heteroatoms. The Bertz CT molecular complexity index is 620. The zero-order chi connectivity index (χ0) is 13.9. The minimum Gasteiger partial charge on any atom is -0.349 e. The molecule has 1 fully saturated rings. The van der Waals surface area contributed by atoms with Crippen LogP contribution in [0.4, 0.5) is 0 Å². The van der Waals surface area contributed by atoms with Gasteiger partial charge in [0, 0.05) is 11.6 Å². The van der Waals surface area contributed by atoms with Crippen molar-refractivity contribution in [2.24, 2.45) is 11.7 Å². The highest BCUT2D eigenvalue weighted by Crippen LogP contribution is 2.24. The summed E-state index contributed by atoms with van der Waals surface area (Å²) in [6.45, 7) is 0.652. The number of carbonyl (C=O) groups excluding carboxylic acids is 1. The van der Waals surface area contributed by atoms with Gasteiger partial charge in [-0.2, -0.15) is 0 Å². The van der Waals surface area contributed by atoms with Crippen LogP contribution in [-0.2, 0) is 0 Å². The van der Waals surface area contributed by atoms with Crippen LogP contribution in [0, 0.1) is 5.92 Å². The first-order valence-corrected chi connectivity index (χ1v) is 8.00. The summed E-state index contributed by atoms with van der Waals surface area (Å²) in [6.07, 6.45) is 4.56. The van der Waals surface area contributed by atoms with E-state index in [2.05, 4.69) is 10.3 Å². The van der Waals surface area contributed by atoms with Gasteiger partial charge < -0.3 is 11.1 Å². The first-order valence-electron chi connectivity index (χ1n) is 7.12. The van der Waals surface area contributed by atoms with Gasteiger partial charge >= 0.3 is 0 Å². The quantitative estimate of drug-likeness (QED) is 0.880. The lowest BCUT2D eigenvalue weighted by Crippen LogP contribution is -2.44. The van der Waals surface area contributed by atoms with Crippen molar-refractivity contribution in [3.8, 4) is 0 Å². The maximum atomic E-state index is 12.4. The van der Waals surface area contributed by atoms with Gasteiger partial charge in [0.15, 0.2) is 0 Å². The van der Waals surface area contributed by atoms with Crippen molar-refractivity contribution in [3.05, 3.63) is 29.3 Å². The molecule has 4 nitrogen and oxygen atoms in total. The number of hydrogen-bond acceptors (Lipinski definition) is 4. The highest BCUT2D eigenvalue weighted by molar-refractivity contribution is 7.16. The minimum atomic E-state index is 0. The Labute approximate surface area is 146 Å². The second kappa shape index (κ2) is 8.67. The normalized spacial score (nSPS) is 20.8. The van der Waals surface area contributed by atoms with Crippen LogP contribution in [0.25, 0.3) is 10.2 Å². The summed E-state index contributed by atoms with van der Waals surface area (Å²) in [4.78, 5) is 16.6. The summed E-state index contributed by atoms with van der Waals surface area (Å²) < 4.78 is 1.05. The summed E-state index contributed by atoms with van der Waals surface area (Å²) in [5.41, 5.74) is 9.27. The Hall–Kier alpha value is -0.880. The van der Waals surface area contributed by atoms with E-state index in [1.165, 1.54) is 12.8 Å². The number of rotatable bonds is 3. The Balaban J connectivity index is 0.00000121. The molecule has 1 saturated carbocycles. The first-order chi connectivity index (χ1) is 9.78. The van der Waals surface area contributed by atoms with E-state index in [1.807, 2.05) is 18.2 Å². The fourth-order valence-electron chi connectivity index (χ4n) is 2.93. The molecular formula is C15H21Cl2N3OS. The number of fused-ring (bicyclic) bond motifs is 1. The molecule has 1 aliphatic carbocycles. The minimum absolute atomic E-state index is 0. The number of benzene rings is 1. The monoisotopic (exact) mass is 361 g/mol. The molecule has 1 amide bonds. The van der Waals surface area contributed by atoms with Gasteiger partial charge in [0.25, 0.3) is 5.91 Å². The lowest BCUT2D eigenvalue weighted by Gasteiger charge is -2.31. The third-order valence-electron chi connectivity index (χ3n) is 4.12. The number of halogens is 2. The van der Waals surface area contributed by atoms with E-state index in [0.29, 0.717) is 18.0 Å². The predicted octanol–water partition coefficient (Wildman–Crippen LogP) is 3.39. The highest BCUT2D eigenvalue weighted by Gasteiger charge is 2.25. The van der Waals surface area contributed by atoms with Crippen LogP contribution in [0.3, 0.4) is 0 Å². The van der Waals surface area contributed by atoms with Gasteiger partial charge in [0.1, 0.15) is 0 Å². The zero-order valence-electron chi connectivity index (χ0n) is 12.2. The number of carbonyl (C=O) groups is 1. The van der Waals surface area contributed by atoms with E-state index >= 15 is 0 Å². The number of nitrogens with zero attached hydrogens (tertiary/aromatic N) is 1. The second-order valence-electron chi connectivity index (χ2n) is 5.40. The van der Waals surface area contributed by atoms with Crippen molar-refractivity contribution in [1.82, 2.24) is 10.3 Å². The smallest absolute Gasteiger partial charge is 0.251 e. The number of nitrogens with one attached hydrogen (secondary N) is 1. The molecular weight excluding hydrogens is 341 g/mol. The number of aromatic nitrogens is 1. The molecule has 122 valence electrons. The lowest BCUT2D eigenvalue weighted by atomic mass is 9.84. The Morgan fingerprint density at radius 1 is 1.32 bits per heavy atom. The zero-order valence-corrected chi connectivity index (χ0v) is 14.6. The third kappa shape index (κ3) is 4.10. The molecule has 0 aliphatic heterocycles. The number of amides is 1.